The fourth-order valence-corrected chi connectivity index (χ4v) is 1.64. The SMILES string of the molecule is Oc1cccc(-c2noc(-c3ncccc3O)n2)c1. The van der Waals surface area contributed by atoms with E-state index in [1.807, 2.05) is 0 Å². The number of rotatable bonds is 2. The van der Waals surface area contributed by atoms with Gasteiger partial charge in [0.1, 0.15) is 11.5 Å². The lowest BCUT2D eigenvalue weighted by Crippen LogP contribution is -1.84. The standard InChI is InChI=1S/C13H9N3O3/c17-9-4-1-3-8(7-9)12-15-13(19-16-12)11-10(18)5-2-6-14-11/h1-7,17-18H. The summed E-state index contributed by atoms with van der Waals surface area (Å²) in [7, 11) is 0. The van der Waals surface area contributed by atoms with Crippen molar-refractivity contribution >= 4 is 0 Å². The Morgan fingerprint density at radius 2 is 1.95 bits per heavy atom. The Bertz CT molecular complexity index is 724. The van der Waals surface area contributed by atoms with E-state index in [-0.39, 0.29) is 23.1 Å². The molecule has 0 amide bonds. The van der Waals surface area contributed by atoms with Crippen LogP contribution >= 0.6 is 0 Å². The second kappa shape index (κ2) is 4.41. The van der Waals surface area contributed by atoms with Gasteiger partial charge in [-0.3, -0.25) is 0 Å². The first-order valence-corrected chi connectivity index (χ1v) is 5.51. The van der Waals surface area contributed by atoms with Crippen molar-refractivity contribution in [1.82, 2.24) is 15.1 Å². The lowest BCUT2D eigenvalue weighted by Gasteiger charge is -1.96. The third kappa shape index (κ3) is 2.11. The van der Waals surface area contributed by atoms with Crippen LogP contribution in [0.15, 0.2) is 47.1 Å². The summed E-state index contributed by atoms with van der Waals surface area (Å²) in [5, 5.41) is 22.9. The zero-order chi connectivity index (χ0) is 13.2. The third-order valence-electron chi connectivity index (χ3n) is 2.52. The first kappa shape index (κ1) is 11.2. The molecule has 0 aliphatic rings. The first-order valence-electron chi connectivity index (χ1n) is 5.51. The van der Waals surface area contributed by atoms with Crippen molar-refractivity contribution in [2.24, 2.45) is 0 Å². The van der Waals surface area contributed by atoms with E-state index in [9.17, 15) is 10.2 Å². The van der Waals surface area contributed by atoms with Crippen LogP contribution in [0.2, 0.25) is 0 Å². The summed E-state index contributed by atoms with van der Waals surface area (Å²) in [6.07, 6.45) is 1.52. The number of pyridine rings is 1. The van der Waals surface area contributed by atoms with Crippen LogP contribution in [0.1, 0.15) is 0 Å². The monoisotopic (exact) mass is 255 g/mol. The average molecular weight is 255 g/mol. The van der Waals surface area contributed by atoms with Gasteiger partial charge >= 0.3 is 0 Å². The highest BCUT2D eigenvalue weighted by atomic mass is 16.5. The van der Waals surface area contributed by atoms with Crippen molar-refractivity contribution in [3.63, 3.8) is 0 Å². The molecule has 0 saturated carbocycles. The normalized spacial score (nSPS) is 10.5. The Morgan fingerprint density at radius 3 is 2.74 bits per heavy atom. The molecule has 3 aromatic rings. The van der Waals surface area contributed by atoms with E-state index in [0.717, 1.165) is 0 Å². The summed E-state index contributed by atoms with van der Waals surface area (Å²) in [6.45, 7) is 0. The van der Waals surface area contributed by atoms with Crippen molar-refractivity contribution in [3.8, 4) is 34.5 Å². The maximum Gasteiger partial charge on any atom is 0.280 e. The predicted octanol–water partition coefficient (Wildman–Crippen LogP) is 2.21. The molecule has 3 rings (SSSR count). The number of aromatic nitrogens is 3. The minimum absolute atomic E-state index is 0.0337. The van der Waals surface area contributed by atoms with Crippen LogP contribution in [0.25, 0.3) is 23.0 Å². The van der Waals surface area contributed by atoms with Crippen molar-refractivity contribution in [3.05, 3.63) is 42.6 Å². The summed E-state index contributed by atoms with van der Waals surface area (Å²) in [4.78, 5) is 8.12. The van der Waals surface area contributed by atoms with Crippen LogP contribution in [0, 0.1) is 0 Å². The van der Waals surface area contributed by atoms with Gasteiger partial charge in [-0.15, -0.1) is 0 Å². The predicted molar refractivity (Wildman–Crippen MR) is 66.3 cm³/mol. The van der Waals surface area contributed by atoms with Crippen LogP contribution in [-0.2, 0) is 0 Å². The van der Waals surface area contributed by atoms with Crippen LogP contribution in [-0.4, -0.2) is 25.3 Å². The summed E-state index contributed by atoms with van der Waals surface area (Å²) >= 11 is 0. The molecule has 1 aromatic carbocycles. The molecule has 19 heavy (non-hydrogen) atoms. The summed E-state index contributed by atoms with van der Waals surface area (Å²) in [5.74, 6) is 0.519. The smallest absolute Gasteiger partial charge is 0.280 e. The fourth-order valence-electron chi connectivity index (χ4n) is 1.64. The van der Waals surface area contributed by atoms with Crippen molar-refractivity contribution in [2.75, 3.05) is 0 Å². The Kier molecular flexibility index (Phi) is 2.60. The van der Waals surface area contributed by atoms with E-state index in [2.05, 4.69) is 15.1 Å². The highest BCUT2D eigenvalue weighted by molar-refractivity contribution is 5.62. The Hall–Kier alpha value is -2.89. The molecule has 0 aliphatic carbocycles. The molecule has 0 spiro atoms. The lowest BCUT2D eigenvalue weighted by molar-refractivity contribution is 0.423. The van der Waals surface area contributed by atoms with E-state index in [1.165, 1.54) is 18.3 Å². The summed E-state index contributed by atoms with van der Waals surface area (Å²) < 4.78 is 5.06. The second-order valence-corrected chi connectivity index (χ2v) is 3.84. The quantitative estimate of drug-likeness (QED) is 0.729. The molecular weight excluding hydrogens is 246 g/mol. The number of aromatic hydroxyl groups is 2. The van der Waals surface area contributed by atoms with Gasteiger partial charge in [-0.1, -0.05) is 17.3 Å². The molecule has 2 N–H and O–H groups in total. The van der Waals surface area contributed by atoms with Crippen molar-refractivity contribution in [2.45, 2.75) is 0 Å². The fraction of sp³-hybridized carbons (Fsp3) is 0. The van der Waals surface area contributed by atoms with Gasteiger partial charge in [0.25, 0.3) is 5.89 Å². The van der Waals surface area contributed by atoms with Gasteiger partial charge in [0.15, 0.2) is 5.69 Å². The molecule has 2 heterocycles. The molecule has 0 saturated heterocycles. The lowest BCUT2D eigenvalue weighted by atomic mass is 10.2. The first-order chi connectivity index (χ1) is 9.24. The van der Waals surface area contributed by atoms with Gasteiger partial charge in [0, 0.05) is 11.8 Å². The molecule has 0 aliphatic heterocycles. The molecule has 0 bridgehead atoms. The molecule has 6 heteroatoms. The largest absolute Gasteiger partial charge is 0.508 e. The zero-order valence-corrected chi connectivity index (χ0v) is 9.69. The zero-order valence-electron chi connectivity index (χ0n) is 9.69. The van der Waals surface area contributed by atoms with Gasteiger partial charge in [-0.2, -0.15) is 4.98 Å². The molecule has 94 valence electrons. The van der Waals surface area contributed by atoms with E-state index >= 15 is 0 Å². The molecule has 0 atom stereocenters. The number of phenols is 1. The van der Waals surface area contributed by atoms with Gasteiger partial charge in [0.2, 0.25) is 5.82 Å². The van der Waals surface area contributed by atoms with Crippen LogP contribution in [0.5, 0.6) is 11.5 Å². The van der Waals surface area contributed by atoms with Crippen LogP contribution in [0.4, 0.5) is 0 Å². The number of phenolic OH excluding ortho intramolecular Hbond substituents is 1. The van der Waals surface area contributed by atoms with Crippen LogP contribution < -0.4 is 0 Å². The topological polar surface area (TPSA) is 92.3 Å². The molecular formula is C13H9N3O3. The second-order valence-electron chi connectivity index (χ2n) is 3.84. The maximum atomic E-state index is 9.66. The van der Waals surface area contributed by atoms with E-state index < -0.39 is 0 Å². The minimum Gasteiger partial charge on any atom is -0.508 e. The van der Waals surface area contributed by atoms with Gasteiger partial charge in [-0.25, -0.2) is 4.98 Å². The van der Waals surface area contributed by atoms with Crippen molar-refractivity contribution in [1.29, 1.82) is 0 Å². The highest BCUT2D eigenvalue weighted by Crippen LogP contribution is 2.27. The number of benzene rings is 1. The van der Waals surface area contributed by atoms with Crippen molar-refractivity contribution < 1.29 is 14.7 Å². The molecule has 2 aromatic heterocycles. The van der Waals surface area contributed by atoms with E-state index in [1.54, 1.807) is 24.3 Å². The number of hydrogen-bond donors (Lipinski definition) is 2. The number of hydrogen-bond acceptors (Lipinski definition) is 6. The Balaban J connectivity index is 2.03. The summed E-state index contributed by atoms with van der Waals surface area (Å²) in [6, 6.07) is 9.58. The molecule has 0 fully saturated rings. The molecule has 6 nitrogen and oxygen atoms in total. The van der Waals surface area contributed by atoms with Gasteiger partial charge < -0.3 is 14.7 Å². The molecule has 0 unspecified atom stereocenters. The maximum absolute atomic E-state index is 9.66. The minimum atomic E-state index is -0.0337. The summed E-state index contributed by atoms with van der Waals surface area (Å²) in [5.41, 5.74) is 0.840. The Labute approximate surface area is 108 Å². The molecule has 0 radical (unpaired) electrons. The number of nitrogens with zero attached hydrogens (tertiary/aromatic N) is 3. The van der Waals surface area contributed by atoms with E-state index in [0.29, 0.717) is 11.4 Å². The Morgan fingerprint density at radius 1 is 1.05 bits per heavy atom. The van der Waals surface area contributed by atoms with Gasteiger partial charge in [0.05, 0.1) is 0 Å². The van der Waals surface area contributed by atoms with E-state index in [4.69, 9.17) is 4.52 Å². The van der Waals surface area contributed by atoms with Crippen LogP contribution in [0.3, 0.4) is 0 Å². The average Bonchev–Trinajstić information content (AvgIpc) is 2.89. The third-order valence-corrected chi connectivity index (χ3v) is 2.52. The highest BCUT2D eigenvalue weighted by Gasteiger charge is 2.14. The van der Waals surface area contributed by atoms with Gasteiger partial charge in [-0.05, 0) is 24.3 Å².